The highest BCUT2D eigenvalue weighted by Crippen LogP contribution is 2.37. The van der Waals surface area contributed by atoms with E-state index in [0.717, 1.165) is 12.2 Å². The summed E-state index contributed by atoms with van der Waals surface area (Å²) in [7, 11) is 0. The van der Waals surface area contributed by atoms with Crippen LogP contribution in [0.25, 0.3) is 0 Å². The third-order valence-electron chi connectivity index (χ3n) is 3.29. The second kappa shape index (κ2) is 7.05. The maximum atomic E-state index is 12.0. The summed E-state index contributed by atoms with van der Waals surface area (Å²) >= 11 is 7.81. The number of rotatable bonds is 5. The summed E-state index contributed by atoms with van der Waals surface area (Å²) in [5.41, 5.74) is 1.17. The molecule has 1 unspecified atom stereocenters. The fourth-order valence-corrected chi connectivity index (χ4v) is 3.59. The molecule has 1 N–H and O–H groups in total. The van der Waals surface area contributed by atoms with Crippen molar-refractivity contribution in [3.63, 3.8) is 0 Å². The first-order valence-electron chi connectivity index (χ1n) is 6.68. The molecule has 1 heterocycles. The van der Waals surface area contributed by atoms with Crippen LogP contribution in [-0.4, -0.2) is 18.5 Å². The second-order valence-electron chi connectivity index (χ2n) is 4.90. The maximum Gasteiger partial charge on any atom is 0.389 e. The van der Waals surface area contributed by atoms with Crippen molar-refractivity contribution in [2.45, 2.75) is 42.8 Å². The molecule has 0 saturated carbocycles. The van der Waals surface area contributed by atoms with Crippen molar-refractivity contribution < 1.29 is 13.2 Å². The minimum absolute atomic E-state index is 0.181. The molecule has 20 heavy (non-hydrogen) atoms. The highest BCUT2D eigenvalue weighted by atomic mass is 35.5. The van der Waals surface area contributed by atoms with Crippen LogP contribution in [-0.2, 0) is 0 Å². The zero-order valence-corrected chi connectivity index (χ0v) is 12.5. The number of halogens is 4. The van der Waals surface area contributed by atoms with Gasteiger partial charge in [-0.15, -0.1) is 11.8 Å². The summed E-state index contributed by atoms with van der Waals surface area (Å²) in [4.78, 5) is 1.22. The molecular formula is C14H17ClF3NS. The summed E-state index contributed by atoms with van der Waals surface area (Å²) in [5.74, 6) is 1.02. The Morgan fingerprint density at radius 1 is 1.30 bits per heavy atom. The Bertz CT molecular complexity index is 451. The molecule has 0 aromatic heterocycles. The van der Waals surface area contributed by atoms with Crippen molar-refractivity contribution in [1.82, 2.24) is 5.32 Å². The van der Waals surface area contributed by atoms with Gasteiger partial charge in [0.05, 0.1) is 0 Å². The minimum Gasteiger partial charge on any atom is -0.310 e. The molecule has 1 aromatic carbocycles. The first kappa shape index (κ1) is 16.0. The van der Waals surface area contributed by atoms with Gasteiger partial charge in [-0.1, -0.05) is 11.6 Å². The number of alkyl halides is 3. The van der Waals surface area contributed by atoms with Crippen LogP contribution in [0.3, 0.4) is 0 Å². The van der Waals surface area contributed by atoms with E-state index in [1.54, 1.807) is 11.8 Å². The van der Waals surface area contributed by atoms with Gasteiger partial charge in [-0.05, 0) is 55.3 Å². The first-order valence-corrected chi connectivity index (χ1v) is 8.04. The zero-order valence-electron chi connectivity index (χ0n) is 11.0. The average Bonchev–Trinajstić information content (AvgIpc) is 2.37. The van der Waals surface area contributed by atoms with E-state index in [4.69, 9.17) is 11.6 Å². The number of hydrogen-bond donors (Lipinski definition) is 1. The van der Waals surface area contributed by atoms with Crippen molar-refractivity contribution in [3.8, 4) is 0 Å². The molecule has 0 spiro atoms. The van der Waals surface area contributed by atoms with E-state index in [1.165, 1.54) is 10.5 Å². The average molecular weight is 324 g/mol. The summed E-state index contributed by atoms with van der Waals surface area (Å²) in [6.45, 7) is 0.608. The predicted octanol–water partition coefficient (Wildman–Crippen LogP) is 5.20. The molecule has 1 atom stereocenters. The van der Waals surface area contributed by atoms with E-state index in [1.807, 2.05) is 18.2 Å². The van der Waals surface area contributed by atoms with Gasteiger partial charge in [-0.25, -0.2) is 0 Å². The standard InChI is InChI=1S/C14H17ClF3NS/c15-10-3-4-13-11(9-10)12(5-8-20-13)19-7-2-1-6-14(16,17)18/h3-4,9,12,19H,1-2,5-8H2. The van der Waals surface area contributed by atoms with Gasteiger partial charge in [-0.3, -0.25) is 0 Å². The molecule has 0 bridgehead atoms. The Morgan fingerprint density at radius 3 is 2.85 bits per heavy atom. The van der Waals surface area contributed by atoms with E-state index in [9.17, 15) is 13.2 Å². The normalized spacial score (nSPS) is 18.9. The van der Waals surface area contributed by atoms with Crippen LogP contribution >= 0.6 is 23.4 Å². The lowest BCUT2D eigenvalue weighted by atomic mass is 10.0. The first-order chi connectivity index (χ1) is 9.46. The fourth-order valence-electron chi connectivity index (χ4n) is 2.30. The SMILES string of the molecule is FC(F)(F)CCCCNC1CCSc2ccc(Cl)cc21. The summed E-state index contributed by atoms with van der Waals surface area (Å²) in [5, 5.41) is 4.06. The summed E-state index contributed by atoms with van der Waals surface area (Å²) < 4.78 is 36.1. The molecule has 0 fully saturated rings. The van der Waals surface area contributed by atoms with Crippen LogP contribution < -0.4 is 5.32 Å². The van der Waals surface area contributed by atoms with Crippen LogP contribution in [0.15, 0.2) is 23.1 Å². The van der Waals surface area contributed by atoms with Crippen LogP contribution in [0, 0.1) is 0 Å². The monoisotopic (exact) mass is 323 g/mol. The lowest BCUT2D eigenvalue weighted by Gasteiger charge is -2.26. The zero-order chi connectivity index (χ0) is 14.6. The highest BCUT2D eigenvalue weighted by Gasteiger charge is 2.26. The third kappa shape index (κ3) is 4.86. The minimum atomic E-state index is -4.04. The van der Waals surface area contributed by atoms with Crippen molar-refractivity contribution in [2.24, 2.45) is 0 Å². The number of benzene rings is 1. The van der Waals surface area contributed by atoms with Gasteiger partial charge < -0.3 is 5.32 Å². The molecule has 0 radical (unpaired) electrons. The number of nitrogens with one attached hydrogen (secondary N) is 1. The molecule has 6 heteroatoms. The quantitative estimate of drug-likeness (QED) is 0.747. The van der Waals surface area contributed by atoms with Crippen LogP contribution in [0.2, 0.25) is 5.02 Å². The van der Waals surface area contributed by atoms with E-state index in [-0.39, 0.29) is 12.5 Å². The number of unbranched alkanes of at least 4 members (excludes halogenated alkanes) is 1. The smallest absolute Gasteiger partial charge is 0.310 e. The Morgan fingerprint density at radius 2 is 2.10 bits per heavy atom. The van der Waals surface area contributed by atoms with Crippen molar-refractivity contribution >= 4 is 23.4 Å². The summed E-state index contributed by atoms with van der Waals surface area (Å²) in [6, 6.07) is 6.05. The molecular weight excluding hydrogens is 307 g/mol. The third-order valence-corrected chi connectivity index (χ3v) is 4.65. The van der Waals surface area contributed by atoms with Crippen LogP contribution in [0.1, 0.15) is 37.3 Å². The predicted molar refractivity (Wildman–Crippen MR) is 77.4 cm³/mol. The summed E-state index contributed by atoms with van der Waals surface area (Å²) in [6.07, 6.45) is -3.03. The van der Waals surface area contributed by atoms with E-state index < -0.39 is 12.6 Å². The topological polar surface area (TPSA) is 12.0 Å². The molecule has 0 aliphatic carbocycles. The van der Waals surface area contributed by atoms with Gasteiger partial charge in [0.1, 0.15) is 0 Å². The number of hydrogen-bond acceptors (Lipinski definition) is 2. The number of thioether (sulfide) groups is 1. The molecule has 0 amide bonds. The molecule has 1 aromatic rings. The van der Waals surface area contributed by atoms with Gasteiger partial charge in [0.15, 0.2) is 0 Å². The van der Waals surface area contributed by atoms with Crippen molar-refractivity contribution in [2.75, 3.05) is 12.3 Å². The highest BCUT2D eigenvalue weighted by molar-refractivity contribution is 7.99. The van der Waals surface area contributed by atoms with E-state index in [2.05, 4.69) is 5.32 Å². The van der Waals surface area contributed by atoms with Crippen LogP contribution in [0.4, 0.5) is 13.2 Å². The van der Waals surface area contributed by atoms with E-state index in [0.29, 0.717) is 18.0 Å². The molecule has 1 nitrogen and oxygen atoms in total. The van der Waals surface area contributed by atoms with Crippen molar-refractivity contribution in [1.29, 1.82) is 0 Å². The van der Waals surface area contributed by atoms with Crippen molar-refractivity contribution in [3.05, 3.63) is 28.8 Å². The Balaban J connectivity index is 1.82. The van der Waals surface area contributed by atoms with E-state index >= 15 is 0 Å². The lowest BCUT2D eigenvalue weighted by molar-refractivity contribution is -0.135. The molecule has 112 valence electrons. The largest absolute Gasteiger partial charge is 0.389 e. The van der Waals surface area contributed by atoms with Gasteiger partial charge in [0.2, 0.25) is 0 Å². The maximum absolute atomic E-state index is 12.0. The molecule has 1 aliphatic heterocycles. The molecule has 0 saturated heterocycles. The Hall–Kier alpha value is -0.390. The molecule has 1 aliphatic rings. The van der Waals surface area contributed by atoms with Gasteiger partial charge in [0.25, 0.3) is 0 Å². The van der Waals surface area contributed by atoms with Crippen LogP contribution in [0.5, 0.6) is 0 Å². The van der Waals surface area contributed by atoms with Gasteiger partial charge in [0, 0.05) is 22.4 Å². The Labute approximate surface area is 126 Å². The van der Waals surface area contributed by atoms with Gasteiger partial charge in [-0.2, -0.15) is 13.2 Å². The lowest BCUT2D eigenvalue weighted by Crippen LogP contribution is -2.25. The fraction of sp³-hybridized carbons (Fsp3) is 0.571. The molecule has 2 rings (SSSR count). The Kier molecular flexibility index (Phi) is 5.64. The van der Waals surface area contributed by atoms with Gasteiger partial charge >= 0.3 is 6.18 Å². The second-order valence-corrected chi connectivity index (χ2v) is 6.47. The number of fused-ring (bicyclic) bond motifs is 1.